The number of phenolic OH excluding ortho intramolecular Hbond substituents is 1. The van der Waals surface area contributed by atoms with Gasteiger partial charge in [-0.3, -0.25) is 4.79 Å². The van der Waals surface area contributed by atoms with Gasteiger partial charge in [0.15, 0.2) is 11.5 Å². The molecule has 1 aliphatic rings. The molecule has 0 spiro atoms. The molecule has 11 heteroatoms. The summed E-state index contributed by atoms with van der Waals surface area (Å²) < 4.78 is 7.55. The van der Waals surface area contributed by atoms with Crippen molar-refractivity contribution in [2.75, 3.05) is 17.7 Å². The molecule has 0 radical (unpaired) electrons. The molecule has 4 aromatic rings. The molecule has 0 fully saturated rings. The van der Waals surface area contributed by atoms with Crippen LogP contribution >= 0.6 is 39.3 Å². The Balaban J connectivity index is 1.57. The fraction of sp³-hybridized carbons (Fsp3) is 0.207. The molecule has 3 N–H and O–H groups in total. The zero-order valence-electron chi connectivity index (χ0n) is 22.3. The molecule has 0 aliphatic carbocycles. The van der Waals surface area contributed by atoms with Gasteiger partial charge in [-0.2, -0.15) is 4.98 Å². The number of rotatable bonds is 7. The van der Waals surface area contributed by atoms with Crippen molar-refractivity contribution < 1.29 is 14.6 Å². The van der Waals surface area contributed by atoms with Crippen LogP contribution in [0, 0.1) is 13.8 Å². The number of allylic oxidation sites excluding steroid dienone is 1. The number of ether oxygens (including phenoxy) is 1. The second-order valence-corrected chi connectivity index (χ2v) is 11.6. The van der Waals surface area contributed by atoms with Crippen molar-refractivity contribution in [1.29, 1.82) is 0 Å². The highest BCUT2D eigenvalue weighted by Gasteiger charge is 2.35. The minimum atomic E-state index is -0.658. The summed E-state index contributed by atoms with van der Waals surface area (Å²) in [5.41, 5.74) is 5.55. The molecular weight excluding hydrogens is 614 g/mol. The van der Waals surface area contributed by atoms with Crippen LogP contribution in [0.3, 0.4) is 0 Å². The van der Waals surface area contributed by atoms with Crippen LogP contribution in [0.25, 0.3) is 0 Å². The quantitative estimate of drug-likeness (QED) is 0.183. The summed E-state index contributed by atoms with van der Waals surface area (Å²) in [4.78, 5) is 18.6. The summed E-state index contributed by atoms with van der Waals surface area (Å²) in [7, 11) is 1.48. The van der Waals surface area contributed by atoms with Crippen LogP contribution in [-0.2, 0) is 10.5 Å². The average Bonchev–Trinajstić information content (AvgIpc) is 3.33. The van der Waals surface area contributed by atoms with Gasteiger partial charge in [-0.15, -0.1) is 5.10 Å². The first-order valence-corrected chi connectivity index (χ1v) is 14.6. The number of methoxy groups -OCH3 is 1. The van der Waals surface area contributed by atoms with Gasteiger partial charge in [0, 0.05) is 22.2 Å². The molecule has 0 saturated carbocycles. The van der Waals surface area contributed by atoms with Gasteiger partial charge in [0.1, 0.15) is 6.04 Å². The summed E-state index contributed by atoms with van der Waals surface area (Å²) >= 11 is 11.2. The molecule has 0 bridgehead atoms. The van der Waals surface area contributed by atoms with E-state index in [-0.39, 0.29) is 17.4 Å². The second-order valence-electron chi connectivity index (χ2n) is 9.36. The van der Waals surface area contributed by atoms with Gasteiger partial charge in [-0.25, -0.2) is 4.68 Å². The van der Waals surface area contributed by atoms with E-state index in [9.17, 15) is 9.90 Å². The maximum absolute atomic E-state index is 13.9. The van der Waals surface area contributed by atoms with Gasteiger partial charge in [0.2, 0.25) is 11.1 Å². The van der Waals surface area contributed by atoms with E-state index in [2.05, 4.69) is 26.6 Å². The second kappa shape index (κ2) is 11.6. The Bertz CT molecular complexity index is 1650. The third-order valence-corrected chi connectivity index (χ3v) is 8.69. The molecule has 3 aromatic carbocycles. The average molecular weight is 641 g/mol. The zero-order chi connectivity index (χ0) is 28.6. The topological polar surface area (TPSA) is 101 Å². The standard InChI is InChI=1S/C29H27BrClN5O3S/c1-15-8-7-11-22(16(15)2)33-27(38)24-17(3)32-28-34-29(40-14-18-9-5-6-10-21(18)31)35-36(28)25(24)19-12-20(30)26(37)23(13-19)39-4/h5-13,25,37H,14H2,1-4H3,(H,33,38)(H,32,34,35). The predicted molar refractivity (Wildman–Crippen MR) is 162 cm³/mol. The van der Waals surface area contributed by atoms with Crippen LogP contribution in [0.1, 0.15) is 35.2 Å². The fourth-order valence-corrected chi connectivity index (χ4v) is 6.11. The van der Waals surface area contributed by atoms with E-state index in [0.29, 0.717) is 43.2 Å². The van der Waals surface area contributed by atoms with Crippen molar-refractivity contribution in [1.82, 2.24) is 14.8 Å². The molecule has 1 aliphatic heterocycles. The van der Waals surface area contributed by atoms with Crippen LogP contribution in [0.15, 0.2) is 75.5 Å². The lowest BCUT2D eigenvalue weighted by Crippen LogP contribution is -2.31. The lowest BCUT2D eigenvalue weighted by atomic mass is 9.94. The van der Waals surface area contributed by atoms with E-state index >= 15 is 0 Å². The Hall–Kier alpha value is -3.47. The summed E-state index contributed by atoms with van der Waals surface area (Å²) in [6.45, 7) is 5.82. The van der Waals surface area contributed by atoms with Gasteiger partial charge in [0.05, 0.1) is 17.2 Å². The predicted octanol–water partition coefficient (Wildman–Crippen LogP) is 7.24. The normalized spacial score (nSPS) is 14.5. The number of nitrogens with zero attached hydrogens (tertiary/aromatic N) is 3. The molecule has 1 unspecified atom stereocenters. The molecular formula is C29H27BrClN5O3S. The molecule has 0 saturated heterocycles. The molecule has 1 amide bonds. The Labute approximate surface area is 249 Å². The number of thioether (sulfide) groups is 1. The molecule has 1 atom stereocenters. The Morgan fingerprint density at radius 3 is 2.73 bits per heavy atom. The van der Waals surface area contributed by atoms with Crippen LogP contribution in [0.4, 0.5) is 11.6 Å². The van der Waals surface area contributed by atoms with E-state index in [0.717, 1.165) is 22.4 Å². The van der Waals surface area contributed by atoms with Crippen molar-refractivity contribution in [3.63, 3.8) is 0 Å². The van der Waals surface area contributed by atoms with Gasteiger partial charge in [0.25, 0.3) is 5.91 Å². The summed E-state index contributed by atoms with van der Waals surface area (Å²) in [6.07, 6.45) is 0. The molecule has 206 valence electrons. The summed E-state index contributed by atoms with van der Waals surface area (Å²) in [5.74, 6) is 1.04. The lowest BCUT2D eigenvalue weighted by molar-refractivity contribution is -0.113. The van der Waals surface area contributed by atoms with Crippen molar-refractivity contribution >= 4 is 56.8 Å². The van der Waals surface area contributed by atoms with E-state index < -0.39 is 6.04 Å². The van der Waals surface area contributed by atoms with Gasteiger partial charge in [-0.05, 0) is 83.2 Å². The van der Waals surface area contributed by atoms with E-state index in [1.165, 1.54) is 18.9 Å². The summed E-state index contributed by atoms with van der Waals surface area (Å²) in [6, 6.07) is 16.3. The number of fused-ring (bicyclic) bond motifs is 1. The first kappa shape index (κ1) is 28.1. The van der Waals surface area contributed by atoms with Crippen LogP contribution in [-0.4, -0.2) is 32.9 Å². The number of aromatic nitrogens is 3. The first-order chi connectivity index (χ1) is 19.2. The van der Waals surface area contributed by atoms with Crippen LogP contribution in [0.2, 0.25) is 5.02 Å². The van der Waals surface area contributed by atoms with Crippen LogP contribution < -0.4 is 15.4 Å². The van der Waals surface area contributed by atoms with Crippen molar-refractivity contribution in [3.8, 4) is 11.5 Å². The number of amides is 1. The van der Waals surface area contributed by atoms with Gasteiger partial charge >= 0.3 is 0 Å². The number of halogens is 2. The molecule has 1 aromatic heterocycles. The number of anilines is 2. The maximum atomic E-state index is 13.9. The van der Waals surface area contributed by atoms with Gasteiger partial charge in [-0.1, -0.05) is 53.7 Å². The van der Waals surface area contributed by atoms with E-state index in [1.54, 1.807) is 16.8 Å². The highest BCUT2D eigenvalue weighted by atomic mass is 79.9. The number of hydrogen-bond donors (Lipinski definition) is 3. The first-order valence-electron chi connectivity index (χ1n) is 12.4. The van der Waals surface area contributed by atoms with Crippen molar-refractivity contribution in [3.05, 3.63) is 97.6 Å². The number of benzene rings is 3. The number of phenols is 1. The van der Waals surface area contributed by atoms with Gasteiger partial charge < -0.3 is 20.5 Å². The smallest absolute Gasteiger partial charge is 0.255 e. The largest absolute Gasteiger partial charge is 0.503 e. The number of aryl methyl sites for hydroxylation is 1. The molecule has 5 rings (SSSR count). The lowest BCUT2D eigenvalue weighted by Gasteiger charge is -2.29. The third-order valence-electron chi connectivity index (χ3n) is 6.83. The van der Waals surface area contributed by atoms with Crippen molar-refractivity contribution in [2.24, 2.45) is 0 Å². The number of hydrogen-bond acceptors (Lipinski definition) is 7. The third kappa shape index (κ3) is 5.43. The molecule has 2 heterocycles. The number of nitrogens with one attached hydrogen (secondary N) is 2. The minimum absolute atomic E-state index is 0.0305. The minimum Gasteiger partial charge on any atom is -0.503 e. The monoisotopic (exact) mass is 639 g/mol. The Morgan fingerprint density at radius 1 is 1.20 bits per heavy atom. The molecule has 8 nitrogen and oxygen atoms in total. The van der Waals surface area contributed by atoms with Crippen molar-refractivity contribution in [2.45, 2.75) is 37.7 Å². The fourth-order valence-electron chi connectivity index (χ4n) is 4.54. The Kier molecular flexibility index (Phi) is 8.11. The molecule has 40 heavy (non-hydrogen) atoms. The number of carbonyl (C=O) groups excluding carboxylic acids is 1. The zero-order valence-corrected chi connectivity index (χ0v) is 25.4. The van der Waals surface area contributed by atoms with Crippen LogP contribution in [0.5, 0.6) is 11.5 Å². The maximum Gasteiger partial charge on any atom is 0.255 e. The van der Waals surface area contributed by atoms with E-state index in [4.69, 9.17) is 26.4 Å². The highest BCUT2D eigenvalue weighted by molar-refractivity contribution is 9.10. The number of aromatic hydroxyl groups is 1. The Morgan fingerprint density at radius 2 is 1.98 bits per heavy atom. The number of carbonyl (C=O) groups is 1. The van der Waals surface area contributed by atoms with E-state index in [1.807, 2.05) is 63.2 Å². The SMILES string of the molecule is COc1cc(C2C(C(=O)Nc3cccc(C)c3C)=C(C)Nc3nc(SCc4ccccc4Cl)nn32)cc(Br)c1O. The summed E-state index contributed by atoms with van der Waals surface area (Å²) in [5, 5.41) is 22.8. The highest BCUT2D eigenvalue weighted by Crippen LogP contribution is 2.43.